The molecule has 0 bridgehead atoms. The summed E-state index contributed by atoms with van der Waals surface area (Å²) in [4.78, 5) is 12.6. The van der Waals surface area contributed by atoms with Gasteiger partial charge in [0.1, 0.15) is 17.3 Å². The zero-order chi connectivity index (χ0) is 21.7. The maximum Gasteiger partial charge on any atom is 0.243 e. The first-order valence-corrected chi connectivity index (χ1v) is 10.5. The first-order valence-electron chi connectivity index (χ1n) is 9.02. The van der Waals surface area contributed by atoms with Crippen LogP contribution in [0.15, 0.2) is 70.2 Å². The van der Waals surface area contributed by atoms with Crippen molar-refractivity contribution in [2.75, 3.05) is 19.0 Å². The molecule has 0 unspecified atom stereocenters. The summed E-state index contributed by atoms with van der Waals surface area (Å²) in [5.74, 6) is -0.228. The van der Waals surface area contributed by atoms with Crippen LogP contribution in [-0.2, 0) is 21.4 Å². The Hall–Kier alpha value is -3.17. The Morgan fingerprint density at radius 2 is 1.90 bits per heavy atom. The monoisotopic (exact) mass is 432 g/mol. The quantitative estimate of drug-likeness (QED) is 0.588. The summed E-state index contributed by atoms with van der Waals surface area (Å²) in [5, 5.41) is 2.57. The molecule has 1 aromatic heterocycles. The number of anilines is 1. The van der Waals surface area contributed by atoms with E-state index < -0.39 is 28.3 Å². The van der Waals surface area contributed by atoms with E-state index in [-0.39, 0.29) is 17.1 Å². The normalized spacial score (nSPS) is 11.5. The van der Waals surface area contributed by atoms with Crippen LogP contribution in [0.4, 0.5) is 10.1 Å². The molecule has 30 heavy (non-hydrogen) atoms. The molecule has 0 saturated heterocycles. The van der Waals surface area contributed by atoms with Crippen LogP contribution in [0, 0.1) is 12.7 Å². The van der Waals surface area contributed by atoms with Gasteiger partial charge in [0.2, 0.25) is 15.9 Å². The molecule has 0 aliphatic heterocycles. The van der Waals surface area contributed by atoms with Crippen LogP contribution in [0.3, 0.4) is 0 Å². The number of nitrogens with zero attached hydrogens (tertiary/aromatic N) is 1. The minimum Gasteiger partial charge on any atom is -0.497 e. The van der Waals surface area contributed by atoms with Crippen molar-refractivity contribution in [1.82, 2.24) is 4.31 Å². The topological polar surface area (TPSA) is 88.9 Å². The molecule has 1 N–H and O–H groups in total. The molecule has 3 aromatic rings. The number of benzene rings is 2. The minimum absolute atomic E-state index is 0.00425. The Bertz CT molecular complexity index is 1110. The highest BCUT2D eigenvalue weighted by Crippen LogP contribution is 2.22. The van der Waals surface area contributed by atoms with Gasteiger partial charge in [-0.1, -0.05) is 6.07 Å². The molecule has 0 saturated carbocycles. The second-order valence-corrected chi connectivity index (χ2v) is 8.47. The van der Waals surface area contributed by atoms with Crippen LogP contribution in [0.2, 0.25) is 0 Å². The molecule has 7 nitrogen and oxygen atoms in total. The number of hydrogen-bond donors (Lipinski definition) is 1. The number of hydrogen-bond acceptors (Lipinski definition) is 5. The first-order chi connectivity index (χ1) is 14.3. The molecule has 0 atom stereocenters. The third kappa shape index (κ3) is 5.05. The Labute approximate surface area is 174 Å². The summed E-state index contributed by atoms with van der Waals surface area (Å²) in [5.41, 5.74) is 0.931. The second kappa shape index (κ2) is 9.10. The summed E-state index contributed by atoms with van der Waals surface area (Å²) >= 11 is 0. The molecule has 0 fully saturated rings. The van der Waals surface area contributed by atoms with Gasteiger partial charge in [-0.3, -0.25) is 4.79 Å². The molecule has 3 rings (SSSR count). The van der Waals surface area contributed by atoms with Gasteiger partial charge in [-0.25, -0.2) is 12.8 Å². The predicted molar refractivity (Wildman–Crippen MR) is 109 cm³/mol. The SMILES string of the molecule is COc1ccc(S(=O)(=O)N(CC(=O)Nc2cc(F)ccc2C)Cc2ccco2)cc1. The van der Waals surface area contributed by atoms with Crippen molar-refractivity contribution < 1.29 is 26.8 Å². The van der Waals surface area contributed by atoms with Crippen LogP contribution in [0.1, 0.15) is 11.3 Å². The van der Waals surface area contributed by atoms with E-state index in [1.54, 1.807) is 19.1 Å². The van der Waals surface area contributed by atoms with Crippen molar-refractivity contribution in [1.29, 1.82) is 0 Å². The van der Waals surface area contributed by atoms with Crippen molar-refractivity contribution in [2.45, 2.75) is 18.4 Å². The Balaban J connectivity index is 1.86. The van der Waals surface area contributed by atoms with Crippen LogP contribution in [0.25, 0.3) is 0 Å². The van der Waals surface area contributed by atoms with E-state index in [1.165, 1.54) is 55.8 Å². The molecular weight excluding hydrogens is 411 g/mol. The third-order valence-electron chi connectivity index (χ3n) is 4.40. The fraction of sp³-hybridized carbons (Fsp3) is 0.190. The van der Waals surface area contributed by atoms with Gasteiger partial charge in [0, 0.05) is 5.69 Å². The van der Waals surface area contributed by atoms with Gasteiger partial charge in [0.05, 0.1) is 31.4 Å². The van der Waals surface area contributed by atoms with Crippen LogP contribution in [0.5, 0.6) is 5.75 Å². The maximum absolute atomic E-state index is 13.5. The van der Waals surface area contributed by atoms with Gasteiger partial charge in [0.15, 0.2) is 0 Å². The van der Waals surface area contributed by atoms with Gasteiger partial charge in [0.25, 0.3) is 0 Å². The van der Waals surface area contributed by atoms with E-state index in [0.717, 1.165) is 4.31 Å². The largest absolute Gasteiger partial charge is 0.497 e. The average molecular weight is 432 g/mol. The van der Waals surface area contributed by atoms with Crippen LogP contribution >= 0.6 is 0 Å². The zero-order valence-electron chi connectivity index (χ0n) is 16.5. The lowest BCUT2D eigenvalue weighted by molar-refractivity contribution is -0.116. The number of furan rings is 1. The average Bonchev–Trinajstić information content (AvgIpc) is 3.23. The second-order valence-electron chi connectivity index (χ2n) is 6.54. The lowest BCUT2D eigenvalue weighted by atomic mass is 10.2. The smallest absolute Gasteiger partial charge is 0.243 e. The number of halogens is 1. The fourth-order valence-electron chi connectivity index (χ4n) is 2.78. The number of ether oxygens (including phenoxy) is 1. The maximum atomic E-state index is 13.5. The number of aryl methyl sites for hydroxylation is 1. The molecule has 0 spiro atoms. The lowest BCUT2D eigenvalue weighted by Gasteiger charge is -2.21. The molecule has 158 valence electrons. The first kappa shape index (κ1) is 21.5. The fourth-order valence-corrected chi connectivity index (χ4v) is 4.14. The van der Waals surface area contributed by atoms with Gasteiger partial charge in [-0.15, -0.1) is 0 Å². The summed E-state index contributed by atoms with van der Waals surface area (Å²) in [6.07, 6.45) is 1.42. The van der Waals surface area contributed by atoms with Gasteiger partial charge < -0.3 is 14.5 Å². The summed E-state index contributed by atoms with van der Waals surface area (Å²) in [6.45, 7) is 1.09. The number of rotatable bonds is 8. The van der Waals surface area contributed by atoms with E-state index in [0.29, 0.717) is 17.1 Å². The van der Waals surface area contributed by atoms with E-state index in [9.17, 15) is 17.6 Å². The van der Waals surface area contributed by atoms with Gasteiger partial charge in [-0.05, 0) is 61.0 Å². The van der Waals surface area contributed by atoms with E-state index in [2.05, 4.69) is 5.32 Å². The van der Waals surface area contributed by atoms with Crippen molar-refractivity contribution in [3.63, 3.8) is 0 Å². The highest BCUT2D eigenvalue weighted by molar-refractivity contribution is 7.89. The summed E-state index contributed by atoms with van der Waals surface area (Å²) in [7, 11) is -2.55. The standard InChI is InChI=1S/C21H21FN2O5S/c1-15-5-6-16(22)12-20(15)23-21(25)14-24(13-18-4-3-11-29-18)30(26,27)19-9-7-17(28-2)8-10-19/h3-12H,13-14H2,1-2H3,(H,23,25). The molecule has 0 aliphatic rings. The van der Waals surface area contributed by atoms with E-state index in [1.807, 2.05) is 0 Å². The number of methoxy groups -OCH3 is 1. The Morgan fingerprint density at radius 3 is 2.53 bits per heavy atom. The summed E-state index contributed by atoms with van der Waals surface area (Å²) in [6, 6.07) is 13.1. The van der Waals surface area contributed by atoms with Gasteiger partial charge >= 0.3 is 0 Å². The van der Waals surface area contributed by atoms with Crippen molar-refractivity contribution in [3.8, 4) is 5.75 Å². The Morgan fingerprint density at radius 1 is 1.17 bits per heavy atom. The molecule has 9 heteroatoms. The molecular formula is C21H21FN2O5S. The third-order valence-corrected chi connectivity index (χ3v) is 6.21. The van der Waals surface area contributed by atoms with Crippen LogP contribution < -0.4 is 10.1 Å². The van der Waals surface area contributed by atoms with E-state index >= 15 is 0 Å². The van der Waals surface area contributed by atoms with E-state index in [4.69, 9.17) is 9.15 Å². The number of carbonyl (C=O) groups excluding carboxylic acids is 1. The highest BCUT2D eigenvalue weighted by Gasteiger charge is 2.28. The summed E-state index contributed by atoms with van der Waals surface area (Å²) < 4.78 is 51.2. The number of amides is 1. The molecule has 1 heterocycles. The molecule has 0 radical (unpaired) electrons. The number of carbonyl (C=O) groups is 1. The predicted octanol–water partition coefficient (Wildman–Crippen LogP) is 3.57. The van der Waals surface area contributed by atoms with Crippen molar-refractivity contribution in [3.05, 3.63) is 78.0 Å². The van der Waals surface area contributed by atoms with Crippen molar-refractivity contribution in [2.24, 2.45) is 0 Å². The Kier molecular flexibility index (Phi) is 6.53. The highest BCUT2D eigenvalue weighted by atomic mass is 32.2. The molecule has 0 aliphatic carbocycles. The zero-order valence-corrected chi connectivity index (χ0v) is 17.3. The van der Waals surface area contributed by atoms with Crippen molar-refractivity contribution >= 4 is 21.6 Å². The minimum atomic E-state index is -4.02. The molecule has 1 amide bonds. The lowest BCUT2D eigenvalue weighted by Crippen LogP contribution is -2.37. The number of nitrogens with one attached hydrogen (secondary N) is 1. The number of sulfonamides is 1. The van der Waals surface area contributed by atoms with Gasteiger partial charge in [-0.2, -0.15) is 4.31 Å². The van der Waals surface area contributed by atoms with Crippen LogP contribution in [-0.4, -0.2) is 32.3 Å². The molecule has 2 aromatic carbocycles.